The molecule has 0 N–H and O–H groups in total. The van der Waals surface area contributed by atoms with Gasteiger partial charge in [0.05, 0.1) is 5.75 Å². The Bertz CT molecular complexity index is 880. The Labute approximate surface area is 186 Å². The normalized spacial score (nSPS) is 11.1. The van der Waals surface area contributed by atoms with Crippen LogP contribution in [0.1, 0.15) is 23.9 Å². The summed E-state index contributed by atoms with van der Waals surface area (Å²) in [4.78, 5) is 0. The average Bonchev–Trinajstić information content (AvgIpc) is 3.05. The zero-order valence-corrected chi connectivity index (χ0v) is 19.4. The molecule has 0 saturated heterocycles. The number of hydrogen-bond donors (Lipinski definition) is 0. The number of halogens is 3. The average molecular weight is 503 g/mol. The molecule has 0 fully saturated rings. The summed E-state index contributed by atoms with van der Waals surface area (Å²) >= 11 is 19.4. The molecule has 27 heavy (non-hydrogen) atoms. The molecule has 3 rings (SSSR count). The molecule has 0 aliphatic rings. The number of aromatic nitrogens is 3. The molecule has 142 valence electrons. The van der Waals surface area contributed by atoms with E-state index < -0.39 is 0 Å². The van der Waals surface area contributed by atoms with E-state index in [1.165, 1.54) is 5.56 Å². The Morgan fingerprint density at radius 2 is 1.67 bits per heavy atom. The van der Waals surface area contributed by atoms with Crippen molar-refractivity contribution in [3.05, 3.63) is 73.9 Å². The Balaban J connectivity index is 1.60. The summed E-state index contributed by atoms with van der Waals surface area (Å²) in [6.45, 7) is 2.96. The van der Waals surface area contributed by atoms with E-state index in [-0.39, 0.29) is 0 Å². The van der Waals surface area contributed by atoms with Crippen LogP contribution in [0.2, 0.25) is 10.0 Å². The molecule has 0 radical (unpaired) electrons. The summed E-state index contributed by atoms with van der Waals surface area (Å²) < 4.78 is 3.26. The van der Waals surface area contributed by atoms with E-state index in [0.29, 0.717) is 10.0 Å². The molecule has 0 atom stereocenters. The van der Waals surface area contributed by atoms with E-state index in [2.05, 4.69) is 61.9 Å². The quantitative estimate of drug-likeness (QED) is 0.307. The van der Waals surface area contributed by atoms with Gasteiger partial charge in [0.25, 0.3) is 0 Å². The van der Waals surface area contributed by atoms with E-state index in [1.807, 2.05) is 18.2 Å². The highest BCUT2D eigenvalue weighted by atomic mass is 79.9. The van der Waals surface area contributed by atoms with Crippen LogP contribution in [0, 0.1) is 0 Å². The van der Waals surface area contributed by atoms with Gasteiger partial charge in [0.15, 0.2) is 5.16 Å². The Hall–Kier alpha value is -0.660. The minimum atomic E-state index is 0.706. The van der Waals surface area contributed by atoms with Crippen LogP contribution in [-0.2, 0) is 23.8 Å². The van der Waals surface area contributed by atoms with E-state index in [0.717, 1.165) is 44.8 Å². The molecule has 1 heterocycles. The maximum atomic E-state index is 6.25. The van der Waals surface area contributed by atoms with Crippen molar-refractivity contribution in [3.63, 3.8) is 0 Å². The smallest absolute Gasteiger partial charge is 0.191 e. The van der Waals surface area contributed by atoms with Crippen molar-refractivity contribution in [2.45, 2.75) is 35.9 Å². The lowest BCUT2D eigenvalue weighted by Crippen LogP contribution is -2.02. The number of rotatable bonds is 8. The molecule has 0 aliphatic carbocycles. The highest BCUT2D eigenvalue weighted by Gasteiger charge is 2.13. The zero-order valence-electron chi connectivity index (χ0n) is 14.7. The first-order valence-electron chi connectivity index (χ1n) is 8.38. The monoisotopic (exact) mass is 501 g/mol. The maximum absolute atomic E-state index is 6.25. The van der Waals surface area contributed by atoms with Crippen molar-refractivity contribution in [2.24, 2.45) is 0 Å². The van der Waals surface area contributed by atoms with Crippen molar-refractivity contribution in [1.82, 2.24) is 14.8 Å². The van der Waals surface area contributed by atoms with Crippen molar-refractivity contribution in [2.75, 3.05) is 0 Å². The predicted octanol–water partition coefficient (Wildman–Crippen LogP) is 7.09. The van der Waals surface area contributed by atoms with Crippen molar-refractivity contribution in [3.8, 4) is 0 Å². The van der Waals surface area contributed by atoms with Gasteiger partial charge in [-0.15, -0.1) is 22.0 Å². The molecule has 0 spiro atoms. The first-order valence-corrected chi connectivity index (χ1v) is 12.1. The lowest BCUT2D eigenvalue weighted by Gasteiger charge is -2.09. The molecule has 8 heteroatoms. The van der Waals surface area contributed by atoms with Crippen LogP contribution in [0.25, 0.3) is 0 Å². The van der Waals surface area contributed by atoms with Crippen molar-refractivity contribution >= 4 is 62.7 Å². The number of hydrogen-bond acceptors (Lipinski definition) is 4. The highest BCUT2D eigenvalue weighted by Crippen LogP contribution is 2.30. The van der Waals surface area contributed by atoms with E-state index >= 15 is 0 Å². The van der Waals surface area contributed by atoms with Crippen molar-refractivity contribution < 1.29 is 0 Å². The molecule has 0 aliphatic heterocycles. The first kappa shape index (κ1) is 21.1. The fourth-order valence-electron chi connectivity index (χ4n) is 2.49. The van der Waals surface area contributed by atoms with Crippen LogP contribution in [-0.4, -0.2) is 14.8 Å². The molecule has 0 saturated carbocycles. The summed E-state index contributed by atoms with van der Waals surface area (Å²) in [5.41, 5.74) is 2.23. The highest BCUT2D eigenvalue weighted by molar-refractivity contribution is 9.10. The summed E-state index contributed by atoms with van der Waals surface area (Å²) in [5.74, 6) is 3.36. The number of nitrogens with zero attached hydrogens (tertiary/aromatic N) is 3. The van der Waals surface area contributed by atoms with Gasteiger partial charge in [0.1, 0.15) is 5.82 Å². The fourth-order valence-corrected chi connectivity index (χ4v) is 5.44. The number of benzene rings is 2. The summed E-state index contributed by atoms with van der Waals surface area (Å²) in [7, 11) is 0. The second-order valence-electron chi connectivity index (χ2n) is 5.75. The number of thioether (sulfide) groups is 2. The molecular weight excluding hydrogens is 485 g/mol. The van der Waals surface area contributed by atoms with Gasteiger partial charge in [-0.3, -0.25) is 0 Å². The van der Waals surface area contributed by atoms with Gasteiger partial charge in [-0.1, -0.05) is 69.1 Å². The fraction of sp³-hybridized carbons (Fsp3) is 0.263. The minimum absolute atomic E-state index is 0.706. The SMILES string of the molecule is CCn1c(CSCc2c(Cl)cccc2Cl)nnc1SCc1ccc(Br)cc1. The first-order chi connectivity index (χ1) is 13.1. The van der Waals surface area contributed by atoms with Crippen molar-refractivity contribution in [1.29, 1.82) is 0 Å². The molecule has 3 nitrogen and oxygen atoms in total. The second-order valence-corrected chi connectivity index (χ2v) is 9.41. The molecule has 2 aromatic carbocycles. The molecule has 1 aromatic heterocycles. The minimum Gasteiger partial charge on any atom is -0.306 e. The summed E-state index contributed by atoms with van der Waals surface area (Å²) in [5, 5.41) is 11.1. The van der Waals surface area contributed by atoms with Crippen LogP contribution in [0.3, 0.4) is 0 Å². The standard InChI is InChI=1S/C19H18BrCl2N3S2/c1-2-25-18(12-26-11-15-16(21)4-3-5-17(15)22)23-24-19(25)27-10-13-6-8-14(20)9-7-13/h3-9H,2,10-12H2,1H3. The maximum Gasteiger partial charge on any atom is 0.191 e. The molecule has 0 amide bonds. The lowest BCUT2D eigenvalue weighted by atomic mass is 10.2. The third-order valence-corrected chi connectivity index (χ3v) is 7.16. The van der Waals surface area contributed by atoms with Crippen LogP contribution in [0.15, 0.2) is 52.1 Å². The Morgan fingerprint density at radius 3 is 2.33 bits per heavy atom. The van der Waals surface area contributed by atoms with Gasteiger partial charge in [-0.25, -0.2) is 0 Å². The van der Waals surface area contributed by atoms with Gasteiger partial charge < -0.3 is 4.57 Å². The summed E-state index contributed by atoms with van der Waals surface area (Å²) in [6, 6.07) is 14.0. The van der Waals surface area contributed by atoms with Crippen LogP contribution in [0.5, 0.6) is 0 Å². The van der Waals surface area contributed by atoms with Gasteiger partial charge in [-0.2, -0.15) is 0 Å². The molecule has 0 bridgehead atoms. The third-order valence-electron chi connectivity index (χ3n) is 3.93. The Morgan fingerprint density at radius 1 is 0.963 bits per heavy atom. The van der Waals surface area contributed by atoms with Gasteiger partial charge in [0.2, 0.25) is 0 Å². The van der Waals surface area contributed by atoms with Crippen LogP contribution >= 0.6 is 62.7 Å². The molecular formula is C19H18BrCl2N3S2. The predicted molar refractivity (Wildman–Crippen MR) is 121 cm³/mol. The zero-order chi connectivity index (χ0) is 19.2. The second kappa shape index (κ2) is 10.2. The third kappa shape index (κ3) is 5.67. The van der Waals surface area contributed by atoms with Gasteiger partial charge in [0, 0.05) is 32.6 Å². The molecule has 0 unspecified atom stereocenters. The summed E-state index contributed by atoms with van der Waals surface area (Å²) in [6.07, 6.45) is 0. The Kier molecular flexibility index (Phi) is 7.97. The van der Waals surface area contributed by atoms with Crippen LogP contribution in [0.4, 0.5) is 0 Å². The van der Waals surface area contributed by atoms with E-state index in [1.54, 1.807) is 23.5 Å². The largest absolute Gasteiger partial charge is 0.306 e. The van der Waals surface area contributed by atoms with E-state index in [9.17, 15) is 0 Å². The van der Waals surface area contributed by atoms with Gasteiger partial charge in [-0.05, 0) is 42.3 Å². The molecule has 3 aromatic rings. The van der Waals surface area contributed by atoms with Gasteiger partial charge >= 0.3 is 0 Å². The van der Waals surface area contributed by atoms with E-state index in [4.69, 9.17) is 23.2 Å². The topological polar surface area (TPSA) is 30.7 Å². The van der Waals surface area contributed by atoms with Crippen LogP contribution < -0.4 is 0 Å². The lowest BCUT2D eigenvalue weighted by molar-refractivity contribution is 0.659.